The van der Waals surface area contributed by atoms with Crippen LogP contribution < -0.4 is 0 Å². The first-order valence-corrected chi connectivity index (χ1v) is 12.5. The summed E-state index contributed by atoms with van der Waals surface area (Å²) in [6, 6.07) is 14.4. The van der Waals surface area contributed by atoms with Gasteiger partial charge in [0.05, 0.1) is 7.47 Å². The molecule has 0 heterocycles. The molecule has 0 aliphatic rings. The number of hydrogen-bond donors (Lipinski definition) is 2. The first kappa shape index (κ1) is 26.0. The Morgan fingerprint density at radius 2 is 1.04 bits per heavy atom. The van der Waals surface area contributed by atoms with Crippen LogP contribution in [0.15, 0.2) is 48.5 Å². The molecule has 0 unspecified atom stereocenters. The highest BCUT2D eigenvalue weighted by atomic mass is 79.9. The van der Waals surface area contributed by atoms with Gasteiger partial charge in [0.2, 0.25) is 0 Å². The maximum absolute atomic E-state index is 9.30. The van der Waals surface area contributed by atoms with Crippen LogP contribution in [0.1, 0.15) is 37.8 Å². The molecule has 2 aromatic carbocycles. The summed E-state index contributed by atoms with van der Waals surface area (Å²) in [6.07, 6.45) is 1.99. The molecule has 0 saturated carbocycles. The average Bonchev–Trinajstić information content (AvgIpc) is 2.62. The van der Waals surface area contributed by atoms with Gasteiger partial charge in [0.1, 0.15) is 11.5 Å². The maximum atomic E-state index is 9.30. The molecule has 0 atom stereocenters. The van der Waals surface area contributed by atoms with Crippen molar-refractivity contribution in [1.29, 1.82) is 0 Å². The number of halogens is 4. The third-order valence-electron chi connectivity index (χ3n) is 4.14. The molecule has 0 aliphatic heterocycles. The average molecular weight is 646 g/mol. The first-order valence-electron chi connectivity index (χ1n) is 8.86. The van der Waals surface area contributed by atoms with Crippen molar-refractivity contribution < 1.29 is 14.9 Å². The van der Waals surface area contributed by atoms with Gasteiger partial charge in [-0.3, -0.25) is 0 Å². The molecule has 0 saturated heterocycles. The van der Waals surface area contributed by atoms with Crippen molar-refractivity contribution in [2.45, 2.75) is 39.6 Å². The number of rotatable bonds is 8. The third kappa shape index (κ3) is 10.1. The molecular formula is C21H26Br4O3. The van der Waals surface area contributed by atoms with Gasteiger partial charge in [0.25, 0.3) is 0 Å². The van der Waals surface area contributed by atoms with Gasteiger partial charge in [-0.2, -0.15) is 0 Å². The van der Waals surface area contributed by atoms with Crippen molar-refractivity contribution in [1.82, 2.24) is 0 Å². The predicted molar refractivity (Wildman–Crippen MR) is 132 cm³/mol. The molecule has 0 bridgehead atoms. The van der Waals surface area contributed by atoms with E-state index in [2.05, 4.69) is 77.6 Å². The lowest BCUT2D eigenvalue weighted by atomic mass is 9.78. The Bertz CT molecular complexity index is 614. The highest BCUT2D eigenvalue weighted by molar-refractivity contribution is 9.25. The minimum absolute atomic E-state index is 0.151. The Kier molecular flexibility index (Phi) is 12.3. The molecule has 156 valence electrons. The molecule has 2 rings (SSSR count). The third-order valence-corrected chi connectivity index (χ3v) is 5.97. The van der Waals surface area contributed by atoms with Crippen LogP contribution in [0.5, 0.6) is 11.5 Å². The highest BCUT2D eigenvalue weighted by Gasteiger charge is 2.22. The summed E-state index contributed by atoms with van der Waals surface area (Å²) in [5, 5.41) is 18.6. The van der Waals surface area contributed by atoms with E-state index >= 15 is 0 Å². The Balaban J connectivity index is 0.000000311. The zero-order chi connectivity index (χ0) is 21.2. The Morgan fingerprint density at radius 1 is 0.714 bits per heavy atom. The van der Waals surface area contributed by atoms with Gasteiger partial charge in [-0.1, -0.05) is 102 Å². The Labute approximate surface area is 201 Å². The van der Waals surface area contributed by atoms with E-state index in [1.807, 2.05) is 24.3 Å². The van der Waals surface area contributed by atoms with Gasteiger partial charge >= 0.3 is 0 Å². The van der Waals surface area contributed by atoms with E-state index in [1.165, 1.54) is 0 Å². The summed E-state index contributed by atoms with van der Waals surface area (Å²) in [7, 11) is 0. The molecular weight excluding hydrogens is 620 g/mol. The zero-order valence-corrected chi connectivity index (χ0v) is 22.3. The summed E-state index contributed by atoms with van der Waals surface area (Å²) in [6.45, 7) is 5.83. The molecule has 0 radical (unpaired) electrons. The van der Waals surface area contributed by atoms with Crippen molar-refractivity contribution >= 4 is 63.7 Å². The van der Waals surface area contributed by atoms with Crippen LogP contribution in [-0.2, 0) is 10.2 Å². The molecule has 0 amide bonds. The summed E-state index contributed by atoms with van der Waals surface area (Å²) in [5.41, 5.74) is 2.10. The summed E-state index contributed by atoms with van der Waals surface area (Å²) >= 11 is 13.5. The number of phenolic OH excluding ortho intramolecular Hbond substituents is 2. The number of aromatic hydroxyl groups is 2. The van der Waals surface area contributed by atoms with Crippen molar-refractivity contribution in [3.8, 4) is 11.5 Å². The fourth-order valence-electron chi connectivity index (χ4n) is 2.37. The van der Waals surface area contributed by atoms with E-state index in [0.29, 0.717) is 7.47 Å². The first-order chi connectivity index (χ1) is 13.1. The van der Waals surface area contributed by atoms with Crippen LogP contribution in [-0.4, -0.2) is 30.9 Å². The molecule has 0 aromatic heterocycles. The standard InChI is InChI=1S/C15H16O2.C6H10Br4O/c1-15(2,11-3-7-13(16)8-4-11)12-5-9-14(17)10-6-12;7-5(8)1-3-11-4-2-6(9)10/h3-10,16-17H,1-2H3;5-6H,1-4H2. The van der Waals surface area contributed by atoms with E-state index in [-0.39, 0.29) is 16.9 Å². The lowest BCUT2D eigenvalue weighted by molar-refractivity contribution is 0.135. The monoisotopic (exact) mass is 642 g/mol. The van der Waals surface area contributed by atoms with Gasteiger partial charge in [-0.05, 0) is 48.2 Å². The van der Waals surface area contributed by atoms with Crippen LogP contribution in [0.25, 0.3) is 0 Å². The molecule has 0 fully saturated rings. The fourth-order valence-corrected chi connectivity index (χ4v) is 3.12. The van der Waals surface area contributed by atoms with E-state index in [0.717, 1.165) is 37.2 Å². The number of phenols is 2. The largest absolute Gasteiger partial charge is 0.508 e. The van der Waals surface area contributed by atoms with Gasteiger partial charge in [-0.25, -0.2) is 0 Å². The summed E-state index contributed by atoms with van der Waals surface area (Å²) < 4.78 is 6.08. The molecule has 7 heteroatoms. The molecule has 2 N–H and O–H groups in total. The molecule has 0 spiro atoms. The second-order valence-corrected chi connectivity index (χ2v) is 13.6. The minimum Gasteiger partial charge on any atom is -0.508 e. The highest BCUT2D eigenvalue weighted by Crippen LogP contribution is 2.32. The molecule has 2 aromatic rings. The smallest absolute Gasteiger partial charge is 0.115 e. The predicted octanol–water partition coefficient (Wildman–Crippen LogP) is 7.44. The SMILES string of the molecule is BrC(Br)CCOCCC(Br)Br.CC(C)(c1ccc(O)cc1)c1ccc(O)cc1. The zero-order valence-electron chi connectivity index (χ0n) is 15.9. The summed E-state index contributed by atoms with van der Waals surface area (Å²) in [4.78, 5) is 0. The van der Waals surface area contributed by atoms with Crippen molar-refractivity contribution in [2.75, 3.05) is 13.2 Å². The van der Waals surface area contributed by atoms with Gasteiger partial charge < -0.3 is 14.9 Å². The fraction of sp³-hybridized carbons (Fsp3) is 0.429. The number of benzene rings is 2. The maximum Gasteiger partial charge on any atom is 0.115 e. The van der Waals surface area contributed by atoms with Crippen molar-refractivity contribution in [2.24, 2.45) is 0 Å². The van der Waals surface area contributed by atoms with E-state index in [9.17, 15) is 10.2 Å². The molecule has 0 aliphatic carbocycles. The topological polar surface area (TPSA) is 49.7 Å². The minimum atomic E-state index is -0.151. The summed E-state index contributed by atoms with van der Waals surface area (Å²) in [5.74, 6) is 0.547. The van der Waals surface area contributed by atoms with E-state index in [1.54, 1.807) is 24.3 Å². The molecule has 3 nitrogen and oxygen atoms in total. The lowest BCUT2D eigenvalue weighted by Crippen LogP contribution is -2.18. The van der Waals surface area contributed by atoms with Crippen molar-refractivity contribution in [3.63, 3.8) is 0 Å². The number of ether oxygens (including phenoxy) is 1. The van der Waals surface area contributed by atoms with Crippen LogP contribution >= 0.6 is 63.7 Å². The van der Waals surface area contributed by atoms with Crippen LogP contribution in [0.4, 0.5) is 0 Å². The second kappa shape index (κ2) is 13.3. The Morgan fingerprint density at radius 3 is 1.32 bits per heavy atom. The van der Waals surface area contributed by atoms with E-state index in [4.69, 9.17) is 4.74 Å². The van der Waals surface area contributed by atoms with Crippen LogP contribution in [0.2, 0.25) is 0 Å². The van der Waals surface area contributed by atoms with Crippen LogP contribution in [0, 0.1) is 0 Å². The number of alkyl halides is 4. The number of hydrogen-bond acceptors (Lipinski definition) is 3. The Hall–Kier alpha value is -0.0800. The van der Waals surface area contributed by atoms with Gasteiger partial charge in [0, 0.05) is 18.6 Å². The lowest BCUT2D eigenvalue weighted by Gasteiger charge is -2.26. The van der Waals surface area contributed by atoms with Gasteiger partial charge in [-0.15, -0.1) is 0 Å². The van der Waals surface area contributed by atoms with E-state index < -0.39 is 0 Å². The second-order valence-electron chi connectivity index (χ2n) is 6.69. The van der Waals surface area contributed by atoms with Crippen molar-refractivity contribution in [3.05, 3.63) is 59.7 Å². The van der Waals surface area contributed by atoms with Crippen LogP contribution in [0.3, 0.4) is 0 Å². The molecule has 28 heavy (non-hydrogen) atoms. The van der Waals surface area contributed by atoms with Gasteiger partial charge in [0.15, 0.2) is 0 Å². The normalized spacial score (nSPS) is 11.4. The quantitative estimate of drug-likeness (QED) is 0.232.